The molecular weight excluding hydrogens is 162 g/mol. The molecule has 13 heavy (non-hydrogen) atoms. The van der Waals surface area contributed by atoms with Gasteiger partial charge in [0.25, 0.3) is 0 Å². The van der Waals surface area contributed by atoms with Crippen LogP contribution in [0.3, 0.4) is 0 Å². The quantitative estimate of drug-likeness (QED) is 0.662. The van der Waals surface area contributed by atoms with Gasteiger partial charge in [0.05, 0.1) is 0 Å². The highest BCUT2D eigenvalue weighted by molar-refractivity contribution is 5.33. The maximum absolute atomic E-state index is 9.17. The lowest BCUT2D eigenvalue weighted by Crippen LogP contribution is -2.15. The summed E-state index contributed by atoms with van der Waals surface area (Å²) in [7, 11) is 0. The number of hydrogen-bond donors (Lipinski definition) is 1. The van der Waals surface area contributed by atoms with Crippen molar-refractivity contribution in [2.75, 3.05) is 13.1 Å². The molecule has 0 aliphatic carbocycles. The van der Waals surface area contributed by atoms with Crippen LogP contribution in [-0.2, 0) is 0 Å². The summed E-state index contributed by atoms with van der Waals surface area (Å²) in [6, 6.07) is 0. The topological polar surface area (TPSA) is 23.5 Å². The molecule has 0 unspecified atom stereocenters. The van der Waals surface area contributed by atoms with Gasteiger partial charge in [-0.05, 0) is 19.4 Å². The Hall–Kier alpha value is -0.860. The lowest BCUT2D eigenvalue weighted by atomic mass is 10.1. The predicted molar refractivity (Wildman–Crippen MR) is 56.7 cm³/mol. The zero-order valence-electron chi connectivity index (χ0n) is 7.67. The van der Waals surface area contributed by atoms with Crippen molar-refractivity contribution in [3.8, 4) is 0 Å². The van der Waals surface area contributed by atoms with Crippen LogP contribution in [0.1, 0.15) is 21.3 Å². The van der Waals surface area contributed by atoms with E-state index in [2.05, 4.69) is 6.58 Å². The second-order valence-electron chi connectivity index (χ2n) is 3.31. The van der Waals surface area contributed by atoms with E-state index in [1.54, 1.807) is 0 Å². The highest BCUT2D eigenvalue weighted by Crippen LogP contribution is 2.16. The molecule has 0 aromatic heterocycles. The Morgan fingerprint density at radius 1 is 1.54 bits per heavy atom. The van der Waals surface area contributed by atoms with E-state index in [-0.39, 0.29) is 7.43 Å². The molecule has 0 saturated heterocycles. The minimum atomic E-state index is 0. The summed E-state index contributed by atoms with van der Waals surface area (Å²) >= 11 is 0. The zero-order chi connectivity index (χ0) is 9.14. The van der Waals surface area contributed by atoms with Gasteiger partial charge in [-0.25, -0.2) is 0 Å². The predicted octanol–water partition coefficient (Wildman–Crippen LogP) is 2.78. The summed E-state index contributed by atoms with van der Waals surface area (Å²) in [6.45, 7) is 9.06. The molecular formula is C11H19NO. The van der Waals surface area contributed by atoms with Crippen molar-refractivity contribution in [2.24, 2.45) is 0 Å². The largest absolute Gasteiger partial charge is 0.313 e. The minimum Gasteiger partial charge on any atom is -0.313 e. The minimum absolute atomic E-state index is 0. The molecule has 1 heterocycles. The molecule has 1 aliphatic heterocycles. The molecule has 2 heteroatoms. The Bertz CT molecular complexity index is 251. The molecule has 0 amide bonds. The van der Waals surface area contributed by atoms with Crippen molar-refractivity contribution in [1.82, 2.24) is 5.06 Å². The number of hydroxylamine groups is 2. The lowest BCUT2D eigenvalue weighted by molar-refractivity contribution is -0.0646. The number of allylic oxidation sites excluding steroid dienone is 2. The van der Waals surface area contributed by atoms with Crippen LogP contribution in [0.15, 0.2) is 35.5 Å². The first-order valence-corrected chi connectivity index (χ1v) is 4.05. The Morgan fingerprint density at radius 3 is 2.54 bits per heavy atom. The monoisotopic (exact) mass is 181 g/mol. The van der Waals surface area contributed by atoms with E-state index >= 15 is 0 Å². The molecule has 0 radical (unpaired) electrons. The molecule has 0 atom stereocenters. The fourth-order valence-electron chi connectivity index (χ4n) is 1.20. The number of nitrogens with zero attached hydrogens (tertiary/aromatic N) is 1. The summed E-state index contributed by atoms with van der Waals surface area (Å²) < 4.78 is 0. The van der Waals surface area contributed by atoms with Crippen LogP contribution in [0.2, 0.25) is 0 Å². The van der Waals surface area contributed by atoms with Gasteiger partial charge in [-0.15, -0.1) is 0 Å². The highest BCUT2D eigenvalue weighted by atomic mass is 16.5. The summed E-state index contributed by atoms with van der Waals surface area (Å²) in [5.41, 5.74) is 3.46. The lowest BCUT2D eigenvalue weighted by Gasteiger charge is -2.02. The van der Waals surface area contributed by atoms with E-state index in [1.807, 2.05) is 26.0 Å². The summed E-state index contributed by atoms with van der Waals surface area (Å²) in [6.07, 6.45) is 3.99. The molecule has 0 saturated carbocycles. The summed E-state index contributed by atoms with van der Waals surface area (Å²) in [4.78, 5) is 0. The van der Waals surface area contributed by atoms with Gasteiger partial charge in [0, 0.05) is 13.1 Å². The van der Waals surface area contributed by atoms with Crippen molar-refractivity contribution in [2.45, 2.75) is 21.3 Å². The van der Waals surface area contributed by atoms with E-state index in [0.717, 1.165) is 5.57 Å². The molecule has 1 aliphatic rings. The molecule has 0 spiro atoms. The van der Waals surface area contributed by atoms with Crippen LogP contribution in [0, 0.1) is 0 Å². The molecule has 1 rings (SSSR count). The van der Waals surface area contributed by atoms with E-state index in [4.69, 9.17) is 0 Å². The van der Waals surface area contributed by atoms with Crippen molar-refractivity contribution in [3.05, 3.63) is 35.5 Å². The van der Waals surface area contributed by atoms with Gasteiger partial charge in [-0.1, -0.05) is 37.3 Å². The highest BCUT2D eigenvalue weighted by Gasteiger charge is 2.14. The third kappa shape index (κ3) is 3.57. The van der Waals surface area contributed by atoms with Crippen LogP contribution in [-0.4, -0.2) is 23.4 Å². The third-order valence-corrected chi connectivity index (χ3v) is 1.89. The second kappa shape index (κ2) is 5.00. The first kappa shape index (κ1) is 12.1. The Labute approximate surface area is 80.8 Å². The fraction of sp³-hybridized carbons (Fsp3) is 0.455. The normalized spacial score (nSPS) is 18.1. The smallest absolute Gasteiger partial charge is 0.0492 e. The molecule has 0 bridgehead atoms. The number of hydrogen-bond acceptors (Lipinski definition) is 2. The number of rotatable bonds is 2. The summed E-state index contributed by atoms with van der Waals surface area (Å²) in [5, 5.41) is 10.5. The van der Waals surface area contributed by atoms with Gasteiger partial charge < -0.3 is 5.21 Å². The van der Waals surface area contributed by atoms with E-state index < -0.39 is 0 Å². The van der Waals surface area contributed by atoms with Crippen LogP contribution < -0.4 is 0 Å². The molecule has 0 aromatic carbocycles. The first-order valence-electron chi connectivity index (χ1n) is 4.05. The molecule has 1 N–H and O–H groups in total. The standard InChI is InChI=1S/C10H15NO.CH4/c1-8(2)4-5-10-7-11(12)6-9(10)3;/h4-5,12H,1,6-7H2,2-3H3;1H4/b5-4-;. The molecule has 74 valence electrons. The fourth-order valence-corrected chi connectivity index (χ4v) is 1.20. The van der Waals surface area contributed by atoms with E-state index in [0.29, 0.717) is 13.1 Å². The molecule has 0 fully saturated rings. The van der Waals surface area contributed by atoms with Gasteiger partial charge >= 0.3 is 0 Å². The van der Waals surface area contributed by atoms with Gasteiger partial charge in [0.2, 0.25) is 0 Å². The van der Waals surface area contributed by atoms with Crippen LogP contribution in [0.4, 0.5) is 0 Å². The SMILES string of the molecule is C.C=C(C)/C=C\C1=C(C)CN(O)C1. The van der Waals surface area contributed by atoms with Gasteiger partial charge in [-0.3, -0.25) is 0 Å². The van der Waals surface area contributed by atoms with Crippen molar-refractivity contribution < 1.29 is 5.21 Å². The third-order valence-electron chi connectivity index (χ3n) is 1.89. The second-order valence-corrected chi connectivity index (χ2v) is 3.31. The summed E-state index contributed by atoms with van der Waals surface area (Å²) in [5.74, 6) is 0. The maximum atomic E-state index is 9.17. The van der Waals surface area contributed by atoms with E-state index in [1.165, 1.54) is 16.2 Å². The molecule has 2 nitrogen and oxygen atoms in total. The maximum Gasteiger partial charge on any atom is 0.0492 e. The van der Waals surface area contributed by atoms with Crippen LogP contribution in [0.5, 0.6) is 0 Å². The van der Waals surface area contributed by atoms with Gasteiger partial charge in [-0.2, -0.15) is 5.06 Å². The van der Waals surface area contributed by atoms with E-state index in [9.17, 15) is 5.21 Å². The van der Waals surface area contributed by atoms with Crippen LogP contribution in [0.25, 0.3) is 0 Å². The average Bonchev–Trinajstić information content (AvgIpc) is 2.26. The zero-order valence-corrected chi connectivity index (χ0v) is 7.67. The Kier molecular flexibility index (Phi) is 4.67. The van der Waals surface area contributed by atoms with Crippen molar-refractivity contribution in [3.63, 3.8) is 0 Å². The Balaban J connectivity index is 0.00000144. The van der Waals surface area contributed by atoms with Crippen LogP contribution >= 0.6 is 0 Å². The van der Waals surface area contributed by atoms with Gasteiger partial charge in [0.15, 0.2) is 0 Å². The van der Waals surface area contributed by atoms with Crippen molar-refractivity contribution in [1.29, 1.82) is 0 Å². The first-order chi connectivity index (χ1) is 5.59. The Morgan fingerprint density at radius 2 is 2.15 bits per heavy atom. The van der Waals surface area contributed by atoms with Crippen molar-refractivity contribution >= 4 is 0 Å². The molecule has 0 aromatic rings. The van der Waals surface area contributed by atoms with Gasteiger partial charge in [0.1, 0.15) is 0 Å². The average molecular weight is 181 g/mol.